The van der Waals surface area contributed by atoms with Crippen LogP contribution in [0.5, 0.6) is 0 Å². The Morgan fingerprint density at radius 1 is 1.40 bits per heavy atom. The Labute approximate surface area is 158 Å². The van der Waals surface area contributed by atoms with Crippen molar-refractivity contribution >= 4 is 45.9 Å². The van der Waals surface area contributed by atoms with E-state index in [0.29, 0.717) is 22.5 Å². The van der Waals surface area contributed by atoms with Gasteiger partial charge >= 0.3 is 0 Å². The number of hydrogen-bond donors (Lipinski definition) is 1. The molecule has 7 nitrogen and oxygen atoms in total. The summed E-state index contributed by atoms with van der Waals surface area (Å²) in [5.41, 5.74) is 1.48. The van der Waals surface area contributed by atoms with Crippen molar-refractivity contribution in [2.75, 3.05) is 16.8 Å². The summed E-state index contributed by atoms with van der Waals surface area (Å²) in [5.74, 6) is 1.43. The van der Waals surface area contributed by atoms with Crippen molar-refractivity contribution in [2.45, 2.75) is 49.2 Å². The van der Waals surface area contributed by atoms with Gasteiger partial charge in [0.15, 0.2) is 9.50 Å². The molecule has 1 atom stereocenters. The fourth-order valence-electron chi connectivity index (χ4n) is 2.70. The number of thioether (sulfide) groups is 2. The summed E-state index contributed by atoms with van der Waals surface area (Å²) >= 11 is 4.48. The highest BCUT2D eigenvalue weighted by atomic mass is 32.2. The topological polar surface area (TPSA) is 89.8 Å². The molecular formula is C15H19N5O2S3. The fraction of sp³-hybridized carbons (Fsp3) is 0.533. The van der Waals surface area contributed by atoms with Gasteiger partial charge in [0.1, 0.15) is 0 Å². The first-order valence-electron chi connectivity index (χ1n) is 8.04. The molecule has 0 radical (unpaired) electrons. The SMILES string of the molecule is CCSc1nnc(NC(=O)CC2CSc3nc(C)c(CC)c(=O)n32)s1. The summed E-state index contributed by atoms with van der Waals surface area (Å²) in [6, 6.07) is -0.177. The predicted octanol–water partition coefficient (Wildman–Crippen LogP) is 2.75. The van der Waals surface area contributed by atoms with Gasteiger partial charge in [-0.15, -0.1) is 10.2 Å². The zero-order chi connectivity index (χ0) is 18.0. The van der Waals surface area contributed by atoms with Crippen molar-refractivity contribution in [3.05, 3.63) is 21.6 Å². The average molecular weight is 398 g/mol. The molecule has 1 amide bonds. The van der Waals surface area contributed by atoms with Crippen molar-refractivity contribution in [2.24, 2.45) is 0 Å². The highest BCUT2D eigenvalue weighted by Crippen LogP contribution is 2.33. The third kappa shape index (κ3) is 3.90. The van der Waals surface area contributed by atoms with E-state index in [4.69, 9.17) is 0 Å². The predicted molar refractivity (Wildman–Crippen MR) is 102 cm³/mol. The molecule has 10 heteroatoms. The van der Waals surface area contributed by atoms with Crippen LogP contribution in [0, 0.1) is 6.92 Å². The monoisotopic (exact) mass is 397 g/mol. The second-order valence-corrected chi connectivity index (χ2v) is 8.99. The van der Waals surface area contributed by atoms with Crippen LogP contribution in [0.15, 0.2) is 14.3 Å². The number of fused-ring (bicyclic) bond motifs is 1. The van der Waals surface area contributed by atoms with Gasteiger partial charge in [-0.05, 0) is 19.1 Å². The van der Waals surface area contributed by atoms with E-state index in [2.05, 4.69) is 20.5 Å². The molecule has 0 bridgehead atoms. The second-order valence-electron chi connectivity index (χ2n) is 5.51. The third-order valence-electron chi connectivity index (χ3n) is 3.85. The zero-order valence-electron chi connectivity index (χ0n) is 14.2. The van der Waals surface area contributed by atoms with Gasteiger partial charge in [-0.1, -0.05) is 48.7 Å². The van der Waals surface area contributed by atoms with E-state index >= 15 is 0 Å². The Morgan fingerprint density at radius 2 is 2.20 bits per heavy atom. The lowest BCUT2D eigenvalue weighted by atomic mass is 10.1. The minimum atomic E-state index is -0.177. The van der Waals surface area contributed by atoms with E-state index in [1.165, 1.54) is 23.1 Å². The van der Waals surface area contributed by atoms with Gasteiger partial charge in [-0.25, -0.2) is 4.98 Å². The van der Waals surface area contributed by atoms with Gasteiger partial charge in [-0.3, -0.25) is 14.2 Å². The molecule has 1 unspecified atom stereocenters. The first kappa shape index (κ1) is 18.4. The van der Waals surface area contributed by atoms with Gasteiger partial charge in [0.25, 0.3) is 5.56 Å². The lowest BCUT2D eigenvalue weighted by Gasteiger charge is -2.14. The van der Waals surface area contributed by atoms with Crippen molar-refractivity contribution in [1.82, 2.24) is 19.7 Å². The molecule has 25 heavy (non-hydrogen) atoms. The van der Waals surface area contributed by atoms with Crippen LogP contribution in [0.2, 0.25) is 0 Å². The van der Waals surface area contributed by atoms with Crippen LogP contribution >= 0.6 is 34.9 Å². The lowest BCUT2D eigenvalue weighted by molar-refractivity contribution is -0.116. The molecule has 1 aliphatic heterocycles. The van der Waals surface area contributed by atoms with Gasteiger partial charge in [0.05, 0.1) is 6.04 Å². The number of aryl methyl sites for hydroxylation is 1. The Hall–Kier alpha value is -1.39. The number of carbonyl (C=O) groups is 1. The minimum absolute atomic E-state index is 0.0228. The standard InChI is InChI=1S/C15H19N5O2S3/c1-4-10-8(3)16-14-20(12(10)22)9(7-24-14)6-11(21)17-13-18-19-15(25-13)23-5-2/h9H,4-7H2,1-3H3,(H,17,18,21). The van der Waals surface area contributed by atoms with Crippen LogP contribution in [0.4, 0.5) is 5.13 Å². The fourth-order valence-corrected chi connectivity index (χ4v) is 5.55. The van der Waals surface area contributed by atoms with Crippen molar-refractivity contribution in [1.29, 1.82) is 0 Å². The minimum Gasteiger partial charge on any atom is -0.300 e. The van der Waals surface area contributed by atoms with E-state index < -0.39 is 0 Å². The molecule has 0 spiro atoms. The molecule has 134 valence electrons. The molecule has 3 heterocycles. The summed E-state index contributed by atoms with van der Waals surface area (Å²) in [5, 5.41) is 12.0. The number of aromatic nitrogens is 4. The number of nitrogens with zero attached hydrogens (tertiary/aromatic N) is 4. The van der Waals surface area contributed by atoms with Crippen LogP contribution in [-0.4, -0.2) is 37.2 Å². The highest BCUT2D eigenvalue weighted by Gasteiger charge is 2.29. The summed E-state index contributed by atoms with van der Waals surface area (Å²) in [4.78, 5) is 29.6. The largest absolute Gasteiger partial charge is 0.300 e. The van der Waals surface area contributed by atoms with Crippen LogP contribution in [0.1, 0.15) is 37.6 Å². The molecule has 2 aromatic heterocycles. The van der Waals surface area contributed by atoms with E-state index in [1.807, 2.05) is 20.8 Å². The van der Waals surface area contributed by atoms with Gasteiger partial charge < -0.3 is 5.32 Å². The van der Waals surface area contributed by atoms with Crippen molar-refractivity contribution in [3.8, 4) is 0 Å². The number of hydrogen-bond acceptors (Lipinski definition) is 8. The maximum Gasteiger partial charge on any atom is 0.257 e. The van der Waals surface area contributed by atoms with Gasteiger partial charge in [0.2, 0.25) is 11.0 Å². The maximum atomic E-state index is 12.7. The maximum absolute atomic E-state index is 12.7. The zero-order valence-corrected chi connectivity index (χ0v) is 16.7. The van der Waals surface area contributed by atoms with Crippen molar-refractivity contribution < 1.29 is 4.79 Å². The van der Waals surface area contributed by atoms with Crippen LogP contribution < -0.4 is 10.9 Å². The molecule has 0 saturated carbocycles. The number of rotatable bonds is 6. The van der Waals surface area contributed by atoms with Crippen molar-refractivity contribution in [3.63, 3.8) is 0 Å². The molecule has 3 rings (SSSR count). The van der Waals surface area contributed by atoms with Crippen LogP contribution in [0.3, 0.4) is 0 Å². The summed E-state index contributed by atoms with van der Waals surface area (Å²) in [6.45, 7) is 5.85. The molecule has 0 aliphatic carbocycles. The smallest absolute Gasteiger partial charge is 0.257 e. The number of nitrogens with one attached hydrogen (secondary N) is 1. The molecule has 0 aromatic carbocycles. The molecule has 2 aromatic rings. The first-order chi connectivity index (χ1) is 12.0. The molecule has 1 N–H and O–H groups in total. The van der Waals surface area contributed by atoms with Gasteiger partial charge in [-0.2, -0.15) is 0 Å². The first-order valence-corrected chi connectivity index (χ1v) is 10.8. The lowest BCUT2D eigenvalue weighted by Crippen LogP contribution is -2.30. The molecule has 1 aliphatic rings. The highest BCUT2D eigenvalue weighted by molar-refractivity contribution is 8.01. The average Bonchev–Trinajstić information content (AvgIpc) is 3.15. The summed E-state index contributed by atoms with van der Waals surface area (Å²) in [7, 11) is 0. The van der Waals surface area contributed by atoms with Gasteiger partial charge in [0, 0.05) is 23.4 Å². The van der Waals surface area contributed by atoms with Crippen LogP contribution in [-0.2, 0) is 11.2 Å². The molecule has 0 saturated heterocycles. The Kier molecular flexibility index (Phi) is 5.80. The Bertz CT molecular complexity index is 848. The van der Waals surface area contributed by atoms with E-state index in [-0.39, 0.29) is 23.9 Å². The summed E-state index contributed by atoms with van der Waals surface area (Å²) in [6.07, 6.45) is 0.869. The second kappa shape index (κ2) is 7.88. The normalized spacial score (nSPS) is 16.0. The molecule has 0 fully saturated rings. The Balaban J connectivity index is 1.73. The number of amides is 1. The van der Waals surface area contributed by atoms with E-state index in [0.717, 1.165) is 21.3 Å². The number of anilines is 1. The van der Waals surface area contributed by atoms with Crippen LogP contribution in [0.25, 0.3) is 0 Å². The Morgan fingerprint density at radius 3 is 2.92 bits per heavy atom. The third-order valence-corrected chi connectivity index (χ3v) is 6.80. The van der Waals surface area contributed by atoms with E-state index in [1.54, 1.807) is 16.3 Å². The summed E-state index contributed by atoms with van der Waals surface area (Å²) < 4.78 is 2.51. The number of carbonyl (C=O) groups excluding carboxylic acids is 1. The molecular weight excluding hydrogens is 378 g/mol. The quantitative estimate of drug-likeness (QED) is 0.455. The van der Waals surface area contributed by atoms with E-state index in [9.17, 15) is 9.59 Å².